The molecule has 1 atom stereocenters. The topological polar surface area (TPSA) is 84.0 Å². The number of nitrogens with zero attached hydrogens (tertiary/aromatic N) is 4. The van der Waals surface area contributed by atoms with Crippen LogP contribution >= 0.6 is 11.3 Å². The molecule has 1 saturated heterocycles. The fraction of sp³-hybridized carbons (Fsp3) is 0.688. The van der Waals surface area contributed by atoms with Crippen LogP contribution in [0.3, 0.4) is 0 Å². The zero-order valence-corrected chi connectivity index (χ0v) is 15.7. The smallest absolute Gasteiger partial charge is 0.410 e. The lowest BCUT2D eigenvalue weighted by molar-refractivity contribution is 0.0186. The molecular weight excluding hydrogens is 326 g/mol. The molecule has 1 aliphatic rings. The monoisotopic (exact) mass is 353 g/mol. The van der Waals surface area contributed by atoms with E-state index in [-0.39, 0.29) is 12.0 Å². The summed E-state index contributed by atoms with van der Waals surface area (Å²) in [5.74, 6) is 0.786. The van der Waals surface area contributed by atoms with E-state index in [0.717, 1.165) is 5.01 Å². The first-order valence-corrected chi connectivity index (χ1v) is 9.06. The van der Waals surface area contributed by atoms with Crippen molar-refractivity contribution in [2.45, 2.75) is 39.2 Å². The number of hydrogen-bond donors (Lipinski definition) is 1. The van der Waals surface area contributed by atoms with Crippen molar-refractivity contribution >= 4 is 23.4 Å². The maximum absolute atomic E-state index is 12.1. The zero-order valence-electron chi connectivity index (χ0n) is 14.9. The Labute approximate surface area is 147 Å². The summed E-state index contributed by atoms with van der Waals surface area (Å²) in [7, 11) is 0. The predicted molar refractivity (Wildman–Crippen MR) is 96.4 cm³/mol. The molecule has 0 aliphatic carbocycles. The molecule has 0 saturated carbocycles. The molecule has 1 fully saturated rings. The van der Waals surface area contributed by atoms with Gasteiger partial charge >= 0.3 is 6.09 Å². The number of piperazine rings is 1. The Morgan fingerprint density at radius 1 is 1.38 bits per heavy atom. The van der Waals surface area contributed by atoms with Crippen molar-refractivity contribution < 1.29 is 9.53 Å². The lowest BCUT2D eigenvalue weighted by Crippen LogP contribution is -2.53. The number of carbonyl (C=O) groups is 1. The number of rotatable bonds is 3. The van der Waals surface area contributed by atoms with Crippen LogP contribution in [0.15, 0.2) is 16.6 Å². The van der Waals surface area contributed by atoms with E-state index in [0.29, 0.717) is 38.7 Å². The van der Waals surface area contributed by atoms with Gasteiger partial charge in [0, 0.05) is 43.7 Å². The van der Waals surface area contributed by atoms with Crippen LogP contribution in [0.1, 0.15) is 38.6 Å². The number of aromatic nitrogens is 1. The minimum Gasteiger partial charge on any atom is -0.444 e. The van der Waals surface area contributed by atoms with Crippen molar-refractivity contribution in [3.05, 3.63) is 16.6 Å². The third-order valence-corrected chi connectivity index (χ3v) is 4.66. The quantitative estimate of drug-likeness (QED) is 0.665. The number of ether oxygens (including phenoxy) is 1. The lowest BCUT2D eigenvalue weighted by Gasteiger charge is -2.36. The average Bonchev–Trinajstić information content (AvgIpc) is 3.05. The summed E-state index contributed by atoms with van der Waals surface area (Å²) in [6, 6.07) is 0. The first-order chi connectivity index (χ1) is 11.3. The van der Waals surface area contributed by atoms with E-state index >= 15 is 0 Å². The molecule has 1 unspecified atom stereocenters. The number of carbonyl (C=O) groups excluding carboxylic acids is 1. The number of thiazole rings is 1. The van der Waals surface area contributed by atoms with Gasteiger partial charge in [0.1, 0.15) is 5.60 Å². The molecular formula is C16H27N5O2S. The van der Waals surface area contributed by atoms with Crippen LogP contribution in [0, 0.1) is 0 Å². The molecule has 0 aromatic carbocycles. The molecule has 2 N–H and O–H groups in total. The number of hydrogen-bond acceptors (Lipinski definition) is 5. The molecule has 1 aromatic heterocycles. The van der Waals surface area contributed by atoms with E-state index in [4.69, 9.17) is 10.5 Å². The van der Waals surface area contributed by atoms with Gasteiger partial charge in [0.25, 0.3) is 0 Å². The third kappa shape index (κ3) is 5.36. The standard InChI is InChI=1S/C16H27N5O2S/c1-12(13-18-5-10-24-13)11-19-14(17)20-6-8-21(9-7-20)15(22)23-16(2,3)4/h5,10,12H,6-9,11H2,1-4H3,(H2,17,19). The summed E-state index contributed by atoms with van der Waals surface area (Å²) in [6.45, 7) is 10.8. The molecule has 1 amide bonds. The number of aliphatic imine (C=N–C) groups is 1. The zero-order chi connectivity index (χ0) is 17.7. The van der Waals surface area contributed by atoms with Crippen LogP contribution in [0.2, 0.25) is 0 Å². The highest BCUT2D eigenvalue weighted by molar-refractivity contribution is 7.09. The van der Waals surface area contributed by atoms with Crippen molar-refractivity contribution in [1.82, 2.24) is 14.8 Å². The van der Waals surface area contributed by atoms with Gasteiger partial charge in [-0.25, -0.2) is 9.78 Å². The number of nitrogens with two attached hydrogens (primary N) is 1. The molecule has 2 heterocycles. The normalized spacial score (nSPS) is 17.8. The second-order valence-corrected chi connectivity index (χ2v) is 7.85. The van der Waals surface area contributed by atoms with E-state index in [1.165, 1.54) is 0 Å². The van der Waals surface area contributed by atoms with Gasteiger partial charge in [-0.05, 0) is 20.8 Å². The van der Waals surface area contributed by atoms with E-state index in [1.807, 2.05) is 31.1 Å². The van der Waals surface area contributed by atoms with E-state index < -0.39 is 5.60 Å². The van der Waals surface area contributed by atoms with Crippen molar-refractivity contribution in [2.75, 3.05) is 32.7 Å². The molecule has 24 heavy (non-hydrogen) atoms. The van der Waals surface area contributed by atoms with Gasteiger partial charge in [0.2, 0.25) is 0 Å². The van der Waals surface area contributed by atoms with Crippen LogP contribution in [-0.4, -0.2) is 65.2 Å². The van der Waals surface area contributed by atoms with Gasteiger partial charge in [0.15, 0.2) is 5.96 Å². The molecule has 1 aromatic rings. The summed E-state index contributed by atoms with van der Waals surface area (Å²) >= 11 is 1.63. The van der Waals surface area contributed by atoms with Crippen molar-refractivity contribution in [2.24, 2.45) is 10.7 Å². The molecule has 2 rings (SSSR count). The van der Waals surface area contributed by atoms with E-state index in [9.17, 15) is 4.79 Å². The van der Waals surface area contributed by atoms with Crippen molar-refractivity contribution in [1.29, 1.82) is 0 Å². The summed E-state index contributed by atoms with van der Waals surface area (Å²) < 4.78 is 5.39. The Morgan fingerprint density at radius 3 is 2.54 bits per heavy atom. The summed E-state index contributed by atoms with van der Waals surface area (Å²) in [4.78, 5) is 24.6. The first kappa shape index (κ1) is 18.5. The molecule has 0 radical (unpaired) electrons. The van der Waals surface area contributed by atoms with Crippen LogP contribution in [0.4, 0.5) is 4.79 Å². The Morgan fingerprint density at radius 2 is 2.00 bits per heavy atom. The van der Waals surface area contributed by atoms with Gasteiger partial charge < -0.3 is 20.3 Å². The SMILES string of the molecule is CC(CN=C(N)N1CCN(C(=O)OC(C)(C)C)CC1)c1nccs1. The summed E-state index contributed by atoms with van der Waals surface area (Å²) in [5.41, 5.74) is 5.63. The van der Waals surface area contributed by atoms with Crippen LogP contribution in [0.25, 0.3) is 0 Å². The largest absolute Gasteiger partial charge is 0.444 e. The van der Waals surface area contributed by atoms with Gasteiger partial charge in [0.05, 0.1) is 11.6 Å². The van der Waals surface area contributed by atoms with Crippen molar-refractivity contribution in [3.63, 3.8) is 0 Å². The van der Waals surface area contributed by atoms with E-state index in [1.54, 1.807) is 22.4 Å². The Kier molecular flexibility index (Phi) is 6.04. The van der Waals surface area contributed by atoms with E-state index in [2.05, 4.69) is 16.9 Å². The third-order valence-electron chi connectivity index (χ3n) is 3.66. The minimum absolute atomic E-state index is 0.256. The molecule has 1 aliphatic heterocycles. The Bertz CT molecular complexity index is 560. The molecule has 7 nitrogen and oxygen atoms in total. The first-order valence-electron chi connectivity index (χ1n) is 8.18. The molecule has 0 spiro atoms. The number of guanidine groups is 1. The maximum atomic E-state index is 12.1. The molecule has 8 heteroatoms. The fourth-order valence-electron chi connectivity index (χ4n) is 2.33. The Balaban J connectivity index is 1.81. The number of amides is 1. The van der Waals surface area contributed by atoms with Gasteiger partial charge in [-0.2, -0.15) is 0 Å². The molecule has 0 bridgehead atoms. The highest BCUT2D eigenvalue weighted by Gasteiger charge is 2.26. The predicted octanol–water partition coefficient (Wildman–Crippen LogP) is 2.11. The maximum Gasteiger partial charge on any atom is 0.410 e. The van der Waals surface area contributed by atoms with Gasteiger partial charge in [-0.1, -0.05) is 6.92 Å². The summed E-state index contributed by atoms with van der Waals surface area (Å²) in [5, 5.41) is 3.04. The summed E-state index contributed by atoms with van der Waals surface area (Å²) in [6.07, 6.45) is 1.54. The van der Waals surface area contributed by atoms with Crippen LogP contribution in [0.5, 0.6) is 0 Å². The second-order valence-electron chi connectivity index (χ2n) is 6.92. The second kappa shape index (κ2) is 7.83. The van der Waals surface area contributed by atoms with Crippen molar-refractivity contribution in [3.8, 4) is 0 Å². The van der Waals surface area contributed by atoms with Gasteiger partial charge in [-0.15, -0.1) is 11.3 Å². The van der Waals surface area contributed by atoms with Crippen LogP contribution < -0.4 is 5.73 Å². The highest BCUT2D eigenvalue weighted by Crippen LogP contribution is 2.18. The average molecular weight is 353 g/mol. The van der Waals surface area contributed by atoms with Gasteiger partial charge in [-0.3, -0.25) is 4.99 Å². The Hall–Kier alpha value is -1.83. The molecule has 134 valence electrons. The fourth-order valence-corrected chi connectivity index (χ4v) is 3.02. The lowest BCUT2D eigenvalue weighted by atomic mass is 10.2. The highest BCUT2D eigenvalue weighted by atomic mass is 32.1. The van der Waals surface area contributed by atoms with Crippen LogP contribution in [-0.2, 0) is 4.74 Å². The minimum atomic E-state index is -0.472.